The van der Waals surface area contributed by atoms with E-state index in [1.807, 2.05) is 57.4 Å². The van der Waals surface area contributed by atoms with Crippen molar-refractivity contribution in [1.29, 1.82) is 0 Å². The number of rotatable bonds is 11. The minimum atomic E-state index is -0.919. The van der Waals surface area contributed by atoms with E-state index in [0.29, 0.717) is 17.3 Å². The van der Waals surface area contributed by atoms with Crippen LogP contribution in [0.4, 0.5) is 0 Å². The Balaban J connectivity index is 1.06. The average Bonchev–Trinajstić information content (AvgIpc) is 3.60. The minimum Gasteiger partial charge on any atom is -0.481 e. The van der Waals surface area contributed by atoms with E-state index in [9.17, 15) is 19.5 Å². The fourth-order valence-corrected chi connectivity index (χ4v) is 8.29. The van der Waals surface area contributed by atoms with E-state index >= 15 is 0 Å². The molecule has 1 unspecified atom stereocenters. The van der Waals surface area contributed by atoms with Crippen LogP contribution in [0.25, 0.3) is 11.4 Å². The number of hydrogen-bond acceptors (Lipinski definition) is 6. The Hall–Kier alpha value is -4.08. The molecule has 0 bridgehead atoms. The smallest absolute Gasteiger partial charge is 0.310 e. The van der Waals surface area contributed by atoms with Crippen molar-refractivity contribution in [2.75, 3.05) is 13.1 Å². The maximum Gasteiger partial charge on any atom is 0.310 e. The van der Waals surface area contributed by atoms with E-state index in [-0.39, 0.29) is 31.0 Å². The molecule has 6 rings (SSSR count). The summed E-state index contributed by atoms with van der Waals surface area (Å²) in [4.78, 5) is 49.1. The number of nitrogens with one attached hydrogen (secondary N) is 1. The molecule has 10 nitrogen and oxygen atoms in total. The van der Waals surface area contributed by atoms with Gasteiger partial charge in [0.1, 0.15) is 6.04 Å². The van der Waals surface area contributed by atoms with Gasteiger partial charge in [0.2, 0.25) is 5.91 Å². The van der Waals surface area contributed by atoms with E-state index in [2.05, 4.69) is 17.3 Å². The SMILES string of the molecule is CCCC1CCC(C2CCC(c3cnc(-c4ccc(CC(NC(=O)c5cnn(C(C)(C)C)c5)C(=O)N5CC(C(=O)O)C5)cc4)nc3)CC2)CC1. The molecule has 1 aliphatic heterocycles. The number of carbonyl (C=O) groups is 3. The minimum absolute atomic E-state index is 0.135. The molecule has 3 aromatic rings. The third kappa shape index (κ3) is 8.44. The van der Waals surface area contributed by atoms with Crippen LogP contribution in [0.5, 0.6) is 0 Å². The zero-order valence-corrected chi connectivity index (χ0v) is 30.2. The van der Waals surface area contributed by atoms with Crippen LogP contribution < -0.4 is 5.32 Å². The first-order valence-corrected chi connectivity index (χ1v) is 18.8. The molecule has 2 aliphatic carbocycles. The fourth-order valence-electron chi connectivity index (χ4n) is 8.29. The van der Waals surface area contributed by atoms with E-state index in [1.165, 1.54) is 80.9 Å². The van der Waals surface area contributed by atoms with E-state index in [4.69, 9.17) is 9.97 Å². The van der Waals surface area contributed by atoms with Crippen molar-refractivity contribution >= 4 is 17.8 Å². The highest BCUT2D eigenvalue weighted by Gasteiger charge is 2.39. The fraction of sp³-hybridized carbons (Fsp3) is 0.600. The van der Waals surface area contributed by atoms with Gasteiger partial charge in [-0.15, -0.1) is 0 Å². The van der Waals surface area contributed by atoms with Crippen molar-refractivity contribution in [1.82, 2.24) is 30.0 Å². The number of amides is 2. The lowest BCUT2D eigenvalue weighted by Gasteiger charge is -2.38. The molecule has 2 aromatic heterocycles. The van der Waals surface area contributed by atoms with Gasteiger partial charge in [0, 0.05) is 43.7 Å². The molecule has 50 heavy (non-hydrogen) atoms. The van der Waals surface area contributed by atoms with Crippen LogP contribution in [0.15, 0.2) is 49.1 Å². The van der Waals surface area contributed by atoms with Crippen LogP contribution in [0.3, 0.4) is 0 Å². The molecule has 1 atom stereocenters. The molecule has 1 saturated heterocycles. The summed E-state index contributed by atoms with van der Waals surface area (Å²) < 4.78 is 1.71. The summed E-state index contributed by atoms with van der Waals surface area (Å²) in [5.74, 6) is 1.77. The lowest BCUT2D eigenvalue weighted by Crippen LogP contribution is -2.59. The van der Waals surface area contributed by atoms with Gasteiger partial charge in [0.25, 0.3) is 5.91 Å². The summed E-state index contributed by atoms with van der Waals surface area (Å²) >= 11 is 0. The Bertz CT molecular complexity index is 1610. The van der Waals surface area contributed by atoms with Gasteiger partial charge in [-0.2, -0.15) is 5.10 Å². The number of carboxylic acid groups (broad SMARTS) is 1. The van der Waals surface area contributed by atoms with Crippen LogP contribution in [0.2, 0.25) is 0 Å². The van der Waals surface area contributed by atoms with Crippen molar-refractivity contribution in [3.05, 3.63) is 65.7 Å². The van der Waals surface area contributed by atoms with Crippen molar-refractivity contribution < 1.29 is 19.5 Å². The zero-order chi connectivity index (χ0) is 35.4. The Morgan fingerprint density at radius 1 is 0.900 bits per heavy atom. The second kappa shape index (κ2) is 15.4. The Morgan fingerprint density at radius 3 is 2.08 bits per heavy atom. The van der Waals surface area contributed by atoms with Gasteiger partial charge >= 0.3 is 5.97 Å². The molecular formula is C40H54N6O4. The van der Waals surface area contributed by atoms with Gasteiger partial charge in [-0.3, -0.25) is 19.1 Å². The zero-order valence-electron chi connectivity index (χ0n) is 30.2. The Kier molecular flexibility index (Phi) is 11.0. The molecule has 2 saturated carbocycles. The first kappa shape index (κ1) is 35.7. The number of carbonyl (C=O) groups excluding carboxylic acids is 2. The van der Waals surface area contributed by atoms with Gasteiger partial charge < -0.3 is 15.3 Å². The number of nitrogens with zero attached hydrogens (tertiary/aromatic N) is 5. The topological polar surface area (TPSA) is 130 Å². The maximum atomic E-state index is 13.5. The molecule has 2 amide bonds. The van der Waals surface area contributed by atoms with Crippen molar-refractivity contribution in [2.45, 2.75) is 116 Å². The number of benzene rings is 1. The van der Waals surface area contributed by atoms with Gasteiger partial charge in [-0.05, 0) is 94.1 Å². The van der Waals surface area contributed by atoms with E-state index in [0.717, 1.165) is 28.9 Å². The summed E-state index contributed by atoms with van der Waals surface area (Å²) in [5, 5.41) is 16.5. The first-order chi connectivity index (χ1) is 24.0. The van der Waals surface area contributed by atoms with Crippen molar-refractivity contribution in [3.63, 3.8) is 0 Å². The van der Waals surface area contributed by atoms with Crippen LogP contribution in [0, 0.1) is 23.7 Å². The molecule has 3 aliphatic rings. The molecular weight excluding hydrogens is 628 g/mol. The van der Waals surface area contributed by atoms with Crippen molar-refractivity contribution in [3.8, 4) is 11.4 Å². The lowest BCUT2D eigenvalue weighted by atomic mass is 9.68. The van der Waals surface area contributed by atoms with Crippen LogP contribution in [0.1, 0.15) is 119 Å². The highest BCUT2D eigenvalue weighted by atomic mass is 16.4. The quantitative estimate of drug-likeness (QED) is 0.226. The summed E-state index contributed by atoms with van der Waals surface area (Å²) in [7, 11) is 0. The molecule has 10 heteroatoms. The van der Waals surface area contributed by atoms with E-state index < -0.39 is 23.8 Å². The predicted octanol–water partition coefficient (Wildman–Crippen LogP) is 6.86. The third-order valence-electron chi connectivity index (χ3n) is 11.5. The van der Waals surface area contributed by atoms with Gasteiger partial charge in [0.15, 0.2) is 5.82 Å². The summed E-state index contributed by atoms with van der Waals surface area (Å²) in [6, 6.07) is 6.91. The molecule has 0 radical (unpaired) electrons. The molecule has 268 valence electrons. The second-order valence-electron chi connectivity index (χ2n) is 16.1. The monoisotopic (exact) mass is 682 g/mol. The summed E-state index contributed by atoms with van der Waals surface area (Å²) in [5.41, 5.74) is 3.04. The number of carboxylic acids is 1. The molecule has 3 fully saturated rings. The lowest BCUT2D eigenvalue weighted by molar-refractivity contribution is -0.153. The molecule has 0 spiro atoms. The number of hydrogen-bond donors (Lipinski definition) is 2. The normalized spacial score (nSPS) is 23.6. The molecule has 1 aromatic carbocycles. The first-order valence-electron chi connectivity index (χ1n) is 18.8. The van der Waals surface area contributed by atoms with Gasteiger partial charge in [-0.1, -0.05) is 56.9 Å². The van der Waals surface area contributed by atoms with Crippen molar-refractivity contribution in [2.24, 2.45) is 23.7 Å². The number of aromatic nitrogens is 4. The van der Waals surface area contributed by atoms with Crippen LogP contribution >= 0.6 is 0 Å². The number of likely N-dealkylation sites (tertiary alicyclic amines) is 1. The molecule has 2 N–H and O–H groups in total. The summed E-state index contributed by atoms with van der Waals surface area (Å²) in [6.45, 7) is 8.56. The molecule has 3 heterocycles. The van der Waals surface area contributed by atoms with Crippen LogP contribution in [-0.4, -0.2) is 66.7 Å². The van der Waals surface area contributed by atoms with Gasteiger partial charge in [0.05, 0.1) is 23.2 Å². The largest absolute Gasteiger partial charge is 0.481 e. The third-order valence-corrected chi connectivity index (χ3v) is 11.5. The standard InChI is InChI=1S/C40H54N6O4/c1-5-6-26-7-11-28(12-8-26)29-15-17-30(18-16-29)32-20-41-36(42-21-32)31-13-9-27(10-14-31)19-35(38(48)45-23-34(24-45)39(49)50)44-37(47)33-22-43-46(25-33)40(2,3)4/h9-10,13-14,20-22,25-26,28-30,34-35H,5-8,11-12,15-19,23-24H2,1-4H3,(H,44,47)(H,49,50). The van der Waals surface area contributed by atoms with Gasteiger partial charge in [-0.25, -0.2) is 9.97 Å². The highest BCUT2D eigenvalue weighted by molar-refractivity contribution is 5.97. The maximum absolute atomic E-state index is 13.5. The highest BCUT2D eigenvalue weighted by Crippen LogP contribution is 2.44. The van der Waals surface area contributed by atoms with Crippen LogP contribution in [-0.2, 0) is 21.5 Å². The van der Waals surface area contributed by atoms with E-state index in [1.54, 1.807) is 10.9 Å². The summed E-state index contributed by atoms with van der Waals surface area (Å²) in [6.07, 6.45) is 21.0. The number of aliphatic carboxylic acids is 1. The average molecular weight is 683 g/mol. The Labute approximate surface area is 296 Å². The second-order valence-corrected chi connectivity index (χ2v) is 16.1. The Morgan fingerprint density at radius 2 is 1.52 bits per heavy atom. The predicted molar refractivity (Wildman–Crippen MR) is 192 cm³/mol.